The van der Waals surface area contributed by atoms with Crippen LogP contribution in [-0.4, -0.2) is 41.8 Å². The van der Waals surface area contributed by atoms with E-state index < -0.39 is 5.60 Å². The fourth-order valence-corrected chi connectivity index (χ4v) is 2.43. The van der Waals surface area contributed by atoms with Crippen molar-refractivity contribution < 1.29 is 5.11 Å². The normalized spacial score (nSPS) is 31.3. The molecular formula is C13H28N2O. The molecule has 0 aromatic heterocycles. The summed E-state index contributed by atoms with van der Waals surface area (Å²) in [5.74, 6) is 0.770. The Morgan fingerprint density at radius 3 is 2.38 bits per heavy atom. The van der Waals surface area contributed by atoms with Crippen LogP contribution in [0.25, 0.3) is 0 Å². The van der Waals surface area contributed by atoms with Gasteiger partial charge in [-0.15, -0.1) is 0 Å². The van der Waals surface area contributed by atoms with E-state index in [1.807, 2.05) is 0 Å². The highest BCUT2D eigenvalue weighted by molar-refractivity contribution is 4.89. The third kappa shape index (κ3) is 4.04. The van der Waals surface area contributed by atoms with Gasteiger partial charge in [0.15, 0.2) is 0 Å². The predicted molar refractivity (Wildman–Crippen MR) is 68.3 cm³/mol. The van der Waals surface area contributed by atoms with Crippen LogP contribution < -0.4 is 5.73 Å². The second-order valence-electron chi connectivity index (χ2n) is 5.82. The van der Waals surface area contributed by atoms with Crippen molar-refractivity contribution >= 4 is 0 Å². The Balaban J connectivity index is 2.30. The maximum absolute atomic E-state index is 10.1. The molecule has 1 aliphatic rings. The molecule has 1 rings (SSSR count). The van der Waals surface area contributed by atoms with E-state index in [0.29, 0.717) is 12.6 Å². The predicted octanol–water partition coefficient (Wildman–Crippen LogP) is 1.60. The molecule has 0 spiro atoms. The summed E-state index contributed by atoms with van der Waals surface area (Å²) < 4.78 is 0. The highest BCUT2D eigenvalue weighted by atomic mass is 16.3. The van der Waals surface area contributed by atoms with Crippen LogP contribution in [0.5, 0.6) is 0 Å². The average molecular weight is 228 g/mol. The zero-order valence-electron chi connectivity index (χ0n) is 11.1. The van der Waals surface area contributed by atoms with E-state index in [2.05, 4.69) is 25.8 Å². The van der Waals surface area contributed by atoms with Gasteiger partial charge < -0.3 is 15.7 Å². The van der Waals surface area contributed by atoms with Crippen molar-refractivity contribution in [3.63, 3.8) is 0 Å². The molecule has 1 aliphatic carbocycles. The van der Waals surface area contributed by atoms with E-state index in [0.717, 1.165) is 31.6 Å². The Morgan fingerprint density at radius 2 is 1.94 bits per heavy atom. The molecule has 1 saturated carbocycles. The first kappa shape index (κ1) is 13.9. The maximum Gasteiger partial charge on any atom is 0.0770 e. The molecule has 0 unspecified atom stereocenters. The van der Waals surface area contributed by atoms with Crippen LogP contribution in [0.4, 0.5) is 0 Å². The van der Waals surface area contributed by atoms with E-state index in [9.17, 15) is 5.11 Å². The second-order valence-corrected chi connectivity index (χ2v) is 5.82. The Morgan fingerprint density at radius 1 is 1.38 bits per heavy atom. The fourth-order valence-electron chi connectivity index (χ4n) is 2.43. The molecule has 0 amide bonds. The molecule has 3 heteroatoms. The highest BCUT2D eigenvalue weighted by Crippen LogP contribution is 2.29. The van der Waals surface area contributed by atoms with Gasteiger partial charge in [-0.1, -0.05) is 13.8 Å². The van der Waals surface area contributed by atoms with Gasteiger partial charge in [-0.05, 0) is 51.6 Å². The van der Waals surface area contributed by atoms with Gasteiger partial charge in [0.25, 0.3) is 0 Å². The summed E-state index contributed by atoms with van der Waals surface area (Å²) in [6.07, 6.45) is 5.15. The van der Waals surface area contributed by atoms with Gasteiger partial charge >= 0.3 is 0 Å². The summed E-state index contributed by atoms with van der Waals surface area (Å²) in [6, 6.07) is 0.644. The molecule has 0 aromatic carbocycles. The summed E-state index contributed by atoms with van der Waals surface area (Å²) in [4.78, 5) is 2.45. The van der Waals surface area contributed by atoms with Crippen LogP contribution >= 0.6 is 0 Å². The van der Waals surface area contributed by atoms with Crippen molar-refractivity contribution in [3.05, 3.63) is 0 Å². The standard InChI is InChI=1S/C13H28N2O/c1-11(2)6-9-15(3)12-4-7-13(16,10-14)8-5-12/h11-12,16H,4-10,14H2,1-3H3. The second kappa shape index (κ2) is 5.99. The molecule has 3 N–H and O–H groups in total. The van der Waals surface area contributed by atoms with E-state index in [1.54, 1.807) is 0 Å². The molecule has 1 fully saturated rings. The van der Waals surface area contributed by atoms with Crippen LogP contribution in [0, 0.1) is 5.92 Å². The summed E-state index contributed by atoms with van der Waals surface area (Å²) >= 11 is 0. The van der Waals surface area contributed by atoms with Gasteiger partial charge in [-0.3, -0.25) is 0 Å². The van der Waals surface area contributed by atoms with Crippen molar-refractivity contribution in [3.8, 4) is 0 Å². The number of hydrogen-bond acceptors (Lipinski definition) is 3. The van der Waals surface area contributed by atoms with E-state index in [4.69, 9.17) is 5.73 Å². The highest BCUT2D eigenvalue weighted by Gasteiger charge is 2.33. The molecule has 96 valence electrons. The Bertz CT molecular complexity index is 198. The van der Waals surface area contributed by atoms with Crippen LogP contribution in [0.15, 0.2) is 0 Å². The van der Waals surface area contributed by atoms with Crippen molar-refractivity contribution in [1.29, 1.82) is 0 Å². The minimum Gasteiger partial charge on any atom is -0.389 e. The minimum atomic E-state index is -0.574. The van der Waals surface area contributed by atoms with Crippen molar-refractivity contribution in [2.24, 2.45) is 11.7 Å². The summed E-state index contributed by atoms with van der Waals surface area (Å²) in [6.45, 7) is 6.11. The SMILES string of the molecule is CC(C)CCN(C)C1CCC(O)(CN)CC1. The minimum absolute atomic E-state index is 0.412. The smallest absolute Gasteiger partial charge is 0.0770 e. The van der Waals surface area contributed by atoms with Crippen molar-refractivity contribution in [2.45, 2.75) is 57.6 Å². The Hall–Kier alpha value is -0.120. The number of nitrogens with two attached hydrogens (primary N) is 1. The van der Waals surface area contributed by atoms with E-state index >= 15 is 0 Å². The summed E-state index contributed by atoms with van der Waals surface area (Å²) in [5.41, 5.74) is 5.02. The molecular weight excluding hydrogens is 200 g/mol. The molecule has 0 saturated heterocycles. The largest absolute Gasteiger partial charge is 0.389 e. The zero-order chi connectivity index (χ0) is 12.2. The molecule has 0 heterocycles. The molecule has 0 aliphatic heterocycles. The van der Waals surface area contributed by atoms with Gasteiger partial charge in [-0.25, -0.2) is 0 Å². The van der Waals surface area contributed by atoms with Gasteiger partial charge in [0.1, 0.15) is 0 Å². The lowest BCUT2D eigenvalue weighted by molar-refractivity contribution is -0.00979. The van der Waals surface area contributed by atoms with Crippen LogP contribution in [0.1, 0.15) is 46.0 Å². The lowest BCUT2D eigenvalue weighted by Gasteiger charge is -2.39. The fraction of sp³-hybridized carbons (Fsp3) is 1.00. The quantitative estimate of drug-likeness (QED) is 0.751. The number of rotatable bonds is 5. The molecule has 0 atom stereocenters. The topological polar surface area (TPSA) is 49.5 Å². The van der Waals surface area contributed by atoms with Crippen LogP contribution in [0.3, 0.4) is 0 Å². The lowest BCUT2D eigenvalue weighted by Crippen LogP contribution is -2.46. The molecule has 0 aromatic rings. The Kier molecular flexibility index (Phi) is 5.22. The first-order valence-electron chi connectivity index (χ1n) is 6.59. The number of hydrogen-bond donors (Lipinski definition) is 2. The Labute approximate surface area is 100 Å². The molecule has 16 heavy (non-hydrogen) atoms. The lowest BCUT2D eigenvalue weighted by atomic mass is 9.81. The van der Waals surface area contributed by atoms with Gasteiger partial charge in [-0.2, -0.15) is 0 Å². The van der Waals surface area contributed by atoms with Gasteiger partial charge in [0.05, 0.1) is 5.60 Å². The van der Waals surface area contributed by atoms with Crippen LogP contribution in [-0.2, 0) is 0 Å². The van der Waals surface area contributed by atoms with Crippen molar-refractivity contribution in [2.75, 3.05) is 20.1 Å². The maximum atomic E-state index is 10.1. The van der Waals surface area contributed by atoms with E-state index in [1.165, 1.54) is 13.0 Å². The molecule has 3 nitrogen and oxygen atoms in total. The number of nitrogens with zero attached hydrogens (tertiary/aromatic N) is 1. The van der Waals surface area contributed by atoms with Crippen molar-refractivity contribution in [1.82, 2.24) is 4.90 Å². The first-order valence-corrected chi connectivity index (χ1v) is 6.59. The molecule has 0 radical (unpaired) electrons. The van der Waals surface area contributed by atoms with Gasteiger partial charge in [0, 0.05) is 12.6 Å². The third-order valence-electron chi connectivity index (χ3n) is 3.95. The molecule has 0 bridgehead atoms. The zero-order valence-corrected chi connectivity index (χ0v) is 11.1. The average Bonchev–Trinajstić information content (AvgIpc) is 2.27. The monoisotopic (exact) mass is 228 g/mol. The number of aliphatic hydroxyl groups is 1. The van der Waals surface area contributed by atoms with E-state index in [-0.39, 0.29) is 0 Å². The first-order chi connectivity index (χ1) is 7.47. The van der Waals surface area contributed by atoms with Crippen LogP contribution in [0.2, 0.25) is 0 Å². The summed E-state index contributed by atoms with van der Waals surface area (Å²) in [7, 11) is 2.21. The van der Waals surface area contributed by atoms with Gasteiger partial charge in [0.2, 0.25) is 0 Å². The summed E-state index contributed by atoms with van der Waals surface area (Å²) in [5, 5.41) is 10.1. The third-order valence-corrected chi connectivity index (χ3v) is 3.95.